The molecule has 5 rings (SSSR count). The lowest BCUT2D eigenvalue weighted by molar-refractivity contribution is 0.102. The molecule has 0 atom stereocenters. The van der Waals surface area contributed by atoms with Gasteiger partial charge in [-0.25, -0.2) is 9.97 Å². The maximum atomic E-state index is 13.1. The Bertz CT molecular complexity index is 1480. The Balaban J connectivity index is 1.48. The summed E-state index contributed by atoms with van der Waals surface area (Å²) in [4.78, 5) is 25.9. The Morgan fingerprint density at radius 2 is 1.85 bits per heavy atom. The van der Waals surface area contributed by atoms with Crippen molar-refractivity contribution < 1.29 is 14.3 Å². The largest absolute Gasteiger partial charge is 0.493 e. The number of amides is 1. The molecule has 0 radical (unpaired) electrons. The van der Waals surface area contributed by atoms with Gasteiger partial charge in [-0.05, 0) is 30.3 Å². The van der Waals surface area contributed by atoms with Crippen molar-refractivity contribution >= 4 is 44.9 Å². The molecule has 0 aliphatic carbocycles. The van der Waals surface area contributed by atoms with Crippen LogP contribution in [-0.2, 0) is 0 Å². The Kier molecular flexibility index (Phi) is 5.15. The Labute approximate surface area is 188 Å². The molecule has 0 aliphatic rings. The second-order valence-electron chi connectivity index (χ2n) is 7.12. The minimum atomic E-state index is -0.318. The van der Waals surface area contributed by atoms with Crippen LogP contribution in [0.15, 0.2) is 61.3 Å². The van der Waals surface area contributed by atoms with Crippen LogP contribution < -0.4 is 20.1 Å². The zero-order chi connectivity index (χ0) is 22.8. The number of anilines is 3. The maximum absolute atomic E-state index is 13.1. The van der Waals surface area contributed by atoms with Gasteiger partial charge in [-0.2, -0.15) is 5.10 Å². The lowest BCUT2D eigenvalue weighted by Gasteiger charge is -2.14. The van der Waals surface area contributed by atoms with E-state index in [4.69, 9.17) is 9.47 Å². The molecule has 0 saturated heterocycles. The molecule has 0 saturated carbocycles. The van der Waals surface area contributed by atoms with Gasteiger partial charge in [0.2, 0.25) is 0 Å². The van der Waals surface area contributed by atoms with Crippen LogP contribution in [0.1, 0.15) is 10.4 Å². The van der Waals surface area contributed by atoms with Crippen molar-refractivity contribution in [2.45, 2.75) is 0 Å². The number of ether oxygens (including phenoxy) is 2. The lowest BCUT2D eigenvalue weighted by Crippen LogP contribution is -2.14. The van der Waals surface area contributed by atoms with Gasteiger partial charge in [0.15, 0.2) is 11.5 Å². The number of carbonyl (C=O) groups excluding carboxylic acids is 1. The van der Waals surface area contributed by atoms with E-state index in [1.165, 1.54) is 12.5 Å². The highest BCUT2D eigenvalue weighted by atomic mass is 16.5. The number of aromatic nitrogens is 5. The molecule has 0 aliphatic heterocycles. The van der Waals surface area contributed by atoms with Crippen molar-refractivity contribution in [2.24, 2.45) is 0 Å². The first-order valence-corrected chi connectivity index (χ1v) is 9.98. The number of H-pyrrole nitrogens is 1. The van der Waals surface area contributed by atoms with Crippen molar-refractivity contribution in [3.63, 3.8) is 0 Å². The molecule has 1 amide bonds. The predicted molar refractivity (Wildman–Crippen MR) is 124 cm³/mol. The fraction of sp³-hybridized carbons (Fsp3) is 0.0870. The first-order valence-electron chi connectivity index (χ1n) is 9.98. The van der Waals surface area contributed by atoms with Crippen LogP contribution in [0.2, 0.25) is 0 Å². The van der Waals surface area contributed by atoms with E-state index in [2.05, 4.69) is 35.8 Å². The molecule has 10 heteroatoms. The van der Waals surface area contributed by atoms with E-state index >= 15 is 0 Å². The van der Waals surface area contributed by atoms with Crippen molar-refractivity contribution in [1.82, 2.24) is 25.1 Å². The minimum absolute atomic E-state index is 0.318. The maximum Gasteiger partial charge on any atom is 0.259 e. The molecule has 5 aromatic rings. The zero-order valence-corrected chi connectivity index (χ0v) is 17.8. The number of hydrogen-bond donors (Lipinski definition) is 3. The fourth-order valence-corrected chi connectivity index (χ4v) is 3.51. The van der Waals surface area contributed by atoms with Crippen LogP contribution in [0, 0.1) is 0 Å². The molecule has 2 aromatic carbocycles. The molecule has 0 fully saturated rings. The zero-order valence-electron chi connectivity index (χ0n) is 17.8. The quantitative estimate of drug-likeness (QED) is 0.362. The normalized spacial score (nSPS) is 10.8. The standard InChI is InChI=1S/C23H19N7O3/c1-32-20-8-15-19(9-21(20)33-2)25-12-26-22(15)29-17-5-6-24-11-16(17)23(31)28-14-4-3-13-10-27-30-18(13)7-14/h3-12H,1-2H3,(H,27,30)(H,28,31)(H,24,25,26,29). The lowest BCUT2D eigenvalue weighted by atomic mass is 10.1. The van der Waals surface area contributed by atoms with Gasteiger partial charge in [0.25, 0.3) is 5.91 Å². The molecular formula is C23H19N7O3. The van der Waals surface area contributed by atoms with Crippen LogP contribution >= 0.6 is 0 Å². The number of pyridine rings is 1. The molecule has 0 unspecified atom stereocenters. The van der Waals surface area contributed by atoms with E-state index in [1.54, 1.807) is 44.8 Å². The summed E-state index contributed by atoms with van der Waals surface area (Å²) in [5.74, 6) is 1.31. The summed E-state index contributed by atoms with van der Waals surface area (Å²) in [5.41, 5.74) is 3.03. The monoisotopic (exact) mass is 441 g/mol. The van der Waals surface area contributed by atoms with E-state index in [0.29, 0.717) is 45.2 Å². The average Bonchev–Trinajstić information content (AvgIpc) is 3.31. The number of benzene rings is 2. The smallest absolute Gasteiger partial charge is 0.259 e. The SMILES string of the molecule is COc1cc2ncnc(Nc3ccncc3C(=O)Nc3ccc4cn[nH]c4c3)c2cc1OC. The molecule has 3 aromatic heterocycles. The van der Waals surface area contributed by atoms with Crippen LogP contribution in [-0.4, -0.2) is 45.3 Å². The van der Waals surface area contributed by atoms with Gasteiger partial charge in [0, 0.05) is 34.9 Å². The molecule has 0 bridgehead atoms. The van der Waals surface area contributed by atoms with Crippen molar-refractivity contribution in [1.29, 1.82) is 0 Å². The van der Waals surface area contributed by atoms with Gasteiger partial charge in [0.05, 0.1) is 42.7 Å². The van der Waals surface area contributed by atoms with Gasteiger partial charge in [-0.3, -0.25) is 14.9 Å². The number of fused-ring (bicyclic) bond motifs is 2. The summed E-state index contributed by atoms with van der Waals surface area (Å²) in [7, 11) is 3.13. The molecule has 33 heavy (non-hydrogen) atoms. The summed E-state index contributed by atoms with van der Waals surface area (Å²) in [6.07, 6.45) is 6.26. The van der Waals surface area contributed by atoms with Gasteiger partial charge < -0.3 is 20.1 Å². The highest BCUT2D eigenvalue weighted by Gasteiger charge is 2.16. The van der Waals surface area contributed by atoms with Crippen molar-refractivity contribution in [3.8, 4) is 11.5 Å². The third-order valence-corrected chi connectivity index (χ3v) is 5.16. The second kappa shape index (κ2) is 8.42. The average molecular weight is 441 g/mol. The van der Waals surface area contributed by atoms with Crippen molar-refractivity contribution in [2.75, 3.05) is 24.9 Å². The Morgan fingerprint density at radius 3 is 2.70 bits per heavy atom. The van der Waals surface area contributed by atoms with E-state index in [1.807, 2.05) is 18.2 Å². The molecule has 3 heterocycles. The Morgan fingerprint density at radius 1 is 1.00 bits per heavy atom. The van der Waals surface area contributed by atoms with Crippen LogP contribution in [0.25, 0.3) is 21.8 Å². The van der Waals surface area contributed by atoms with E-state index in [9.17, 15) is 4.79 Å². The van der Waals surface area contributed by atoms with Crippen LogP contribution in [0.5, 0.6) is 11.5 Å². The highest BCUT2D eigenvalue weighted by molar-refractivity contribution is 6.09. The number of nitrogens with one attached hydrogen (secondary N) is 3. The summed E-state index contributed by atoms with van der Waals surface area (Å²) < 4.78 is 10.8. The number of hydrogen-bond acceptors (Lipinski definition) is 8. The summed E-state index contributed by atoms with van der Waals surface area (Å²) in [5, 5.41) is 14.7. The van der Waals surface area contributed by atoms with Gasteiger partial charge in [-0.1, -0.05) is 0 Å². The van der Waals surface area contributed by atoms with Crippen LogP contribution in [0.4, 0.5) is 17.2 Å². The predicted octanol–water partition coefficient (Wildman–Crippen LogP) is 3.91. The third-order valence-electron chi connectivity index (χ3n) is 5.16. The van der Waals surface area contributed by atoms with Gasteiger partial charge >= 0.3 is 0 Å². The Hall–Kier alpha value is -4.73. The van der Waals surface area contributed by atoms with E-state index < -0.39 is 0 Å². The second-order valence-corrected chi connectivity index (χ2v) is 7.12. The molecule has 10 nitrogen and oxygen atoms in total. The number of rotatable bonds is 6. The number of nitrogens with zero attached hydrogens (tertiary/aromatic N) is 4. The molecule has 164 valence electrons. The van der Waals surface area contributed by atoms with E-state index in [0.717, 1.165) is 10.9 Å². The van der Waals surface area contributed by atoms with E-state index in [-0.39, 0.29) is 5.91 Å². The fourth-order valence-electron chi connectivity index (χ4n) is 3.51. The van der Waals surface area contributed by atoms with Gasteiger partial charge in [0.1, 0.15) is 12.1 Å². The van der Waals surface area contributed by atoms with Crippen molar-refractivity contribution in [3.05, 3.63) is 66.9 Å². The topological polar surface area (TPSA) is 127 Å². The summed E-state index contributed by atoms with van der Waals surface area (Å²) in [6.45, 7) is 0. The molecule has 0 spiro atoms. The summed E-state index contributed by atoms with van der Waals surface area (Å²) >= 11 is 0. The van der Waals surface area contributed by atoms with Crippen LogP contribution in [0.3, 0.4) is 0 Å². The first kappa shape index (κ1) is 20.2. The highest BCUT2D eigenvalue weighted by Crippen LogP contribution is 2.34. The minimum Gasteiger partial charge on any atom is -0.493 e. The number of aromatic amines is 1. The molecular weight excluding hydrogens is 422 g/mol. The number of carbonyl (C=O) groups is 1. The van der Waals surface area contributed by atoms with Gasteiger partial charge in [-0.15, -0.1) is 0 Å². The molecule has 3 N–H and O–H groups in total. The summed E-state index contributed by atoms with van der Waals surface area (Å²) in [6, 6.07) is 10.8. The number of methoxy groups -OCH3 is 2. The first-order chi connectivity index (χ1) is 16.2. The third kappa shape index (κ3) is 3.85.